The van der Waals surface area contributed by atoms with E-state index in [1.807, 2.05) is 12.1 Å². The molecular weight excluding hydrogens is 234 g/mol. The van der Waals surface area contributed by atoms with Gasteiger partial charge in [-0.05, 0) is 30.7 Å². The van der Waals surface area contributed by atoms with Gasteiger partial charge in [0.25, 0.3) is 0 Å². The summed E-state index contributed by atoms with van der Waals surface area (Å²) in [6.45, 7) is 1.05. The van der Waals surface area contributed by atoms with Crippen LogP contribution in [0.4, 0.5) is 0 Å². The van der Waals surface area contributed by atoms with E-state index in [9.17, 15) is 8.42 Å². The highest BCUT2D eigenvalue weighted by Gasteiger charge is 2.18. The fraction of sp³-hybridized carbons (Fsp3) is 0.400. The summed E-state index contributed by atoms with van der Waals surface area (Å²) in [5.41, 5.74) is 1.17. The molecule has 0 bridgehead atoms. The molecule has 0 amide bonds. The van der Waals surface area contributed by atoms with Crippen molar-refractivity contribution >= 4 is 22.2 Å². The van der Waals surface area contributed by atoms with E-state index in [-0.39, 0.29) is 12.4 Å². The lowest BCUT2D eigenvalue weighted by molar-refractivity contribution is 0.383. The first kappa shape index (κ1) is 12.5. The van der Waals surface area contributed by atoms with E-state index in [2.05, 4.69) is 5.32 Å². The number of benzene rings is 1. The van der Waals surface area contributed by atoms with Gasteiger partial charge in [0.05, 0.1) is 4.90 Å². The summed E-state index contributed by atoms with van der Waals surface area (Å²) in [5.74, 6) is 0. The van der Waals surface area contributed by atoms with Gasteiger partial charge in [-0.15, -0.1) is 12.4 Å². The maximum absolute atomic E-state index is 11.2. The average Bonchev–Trinajstić information content (AvgIpc) is 2.00. The van der Waals surface area contributed by atoms with E-state index in [1.165, 1.54) is 11.8 Å². The lowest BCUT2D eigenvalue weighted by Crippen LogP contribution is -2.34. The zero-order chi connectivity index (χ0) is 10.2. The fourth-order valence-corrected chi connectivity index (χ4v) is 2.15. The van der Waals surface area contributed by atoms with Crippen molar-refractivity contribution in [2.45, 2.75) is 17.4 Å². The summed E-state index contributed by atoms with van der Waals surface area (Å²) < 4.78 is 22.4. The normalized spacial score (nSPS) is 20.2. The van der Waals surface area contributed by atoms with Gasteiger partial charge >= 0.3 is 0 Å². The largest absolute Gasteiger partial charge is 0.310 e. The molecule has 1 aliphatic rings. The first-order valence-electron chi connectivity index (χ1n) is 4.61. The third-order valence-electron chi connectivity index (χ3n) is 2.53. The summed E-state index contributed by atoms with van der Waals surface area (Å²) in [6, 6.07) is 7.53. The van der Waals surface area contributed by atoms with Crippen LogP contribution in [0.1, 0.15) is 18.0 Å². The smallest absolute Gasteiger partial charge is 0.175 e. The van der Waals surface area contributed by atoms with Crippen LogP contribution in [-0.2, 0) is 9.84 Å². The molecule has 1 atom stereocenters. The molecule has 1 aliphatic heterocycles. The molecule has 84 valence electrons. The van der Waals surface area contributed by atoms with Gasteiger partial charge in [-0.1, -0.05) is 12.1 Å². The second kappa shape index (κ2) is 4.51. The van der Waals surface area contributed by atoms with Gasteiger partial charge in [-0.2, -0.15) is 0 Å². The molecule has 0 aliphatic carbocycles. The van der Waals surface area contributed by atoms with E-state index in [0.29, 0.717) is 10.9 Å². The van der Waals surface area contributed by atoms with Crippen molar-refractivity contribution in [1.82, 2.24) is 5.32 Å². The fourth-order valence-electron chi connectivity index (χ4n) is 1.52. The highest BCUT2D eigenvalue weighted by Crippen LogP contribution is 2.23. The molecule has 1 aromatic carbocycles. The second-order valence-electron chi connectivity index (χ2n) is 3.64. The Morgan fingerprint density at radius 1 is 1.27 bits per heavy atom. The maximum Gasteiger partial charge on any atom is 0.175 e. The molecule has 1 heterocycles. The van der Waals surface area contributed by atoms with Gasteiger partial charge in [-0.3, -0.25) is 0 Å². The van der Waals surface area contributed by atoms with Crippen LogP contribution < -0.4 is 5.32 Å². The average molecular weight is 248 g/mol. The summed E-state index contributed by atoms with van der Waals surface area (Å²) >= 11 is 0. The van der Waals surface area contributed by atoms with Crippen LogP contribution in [0.15, 0.2) is 29.2 Å². The minimum atomic E-state index is -3.05. The SMILES string of the molecule is CS(=O)(=O)c1ccc([C@H]2CCN2)cc1.Cl. The molecule has 15 heavy (non-hydrogen) atoms. The van der Waals surface area contributed by atoms with Crippen molar-refractivity contribution in [3.8, 4) is 0 Å². The number of halogens is 1. The number of hydrogen-bond donors (Lipinski definition) is 1. The number of hydrogen-bond acceptors (Lipinski definition) is 3. The molecule has 0 radical (unpaired) electrons. The highest BCUT2D eigenvalue weighted by atomic mass is 35.5. The first-order chi connectivity index (χ1) is 6.57. The van der Waals surface area contributed by atoms with Crippen LogP contribution in [0.25, 0.3) is 0 Å². The van der Waals surface area contributed by atoms with Crippen LogP contribution in [-0.4, -0.2) is 21.2 Å². The van der Waals surface area contributed by atoms with Gasteiger partial charge in [0, 0.05) is 12.3 Å². The Labute approximate surface area is 96.2 Å². The Balaban J connectivity index is 0.00000112. The van der Waals surface area contributed by atoms with Crippen molar-refractivity contribution < 1.29 is 8.42 Å². The monoisotopic (exact) mass is 247 g/mol. The molecule has 3 nitrogen and oxygen atoms in total. The molecule has 5 heteroatoms. The molecule has 1 fully saturated rings. The Morgan fingerprint density at radius 2 is 1.80 bits per heavy atom. The second-order valence-corrected chi connectivity index (χ2v) is 5.65. The van der Waals surface area contributed by atoms with Crippen LogP contribution in [0.3, 0.4) is 0 Å². The summed E-state index contributed by atoms with van der Waals surface area (Å²) in [6.07, 6.45) is 2.36. The molecule has 1 saturated heterocycles. The third-order valence-corrected chi connectivity index (χ3v) is 3.66. The lowest BCUT2D eigenvalue weighted by atomic mass is 9.98. The molecule has 1 N–H and O–H groups in total. The molecule has 0 aromatic heterocycles. The van der Waals surface area contributed by atoms with Crippen molar-refractivity contribution in [2.75, 3.05) is 12.8 Å². The minimum absolute atomic E-state index is 0. The maximum atomic E-state index is 11.2. The predicted molar refractivity (Wildman–Crippen MR) is 62.2 cm³/mol. The van der Waals surface area contributed by atoms with Crippen LogP contribution in [0.2, 0.25) is 0 Å². The van der Waals surface area contributed by atoms with Crippen molar-refractivity contribution in [2.24, 2.45) is 0 Å². The van der Waals surface area contributed by atoms with Gasteiger partial charge < -0.3 is 5.32 Å². The van der Waals surface area contributed by atoms with Crippen LogP contribution in [0, 0.1) is 0 Å². The standard InChI is InChI=1S/C10H13NO2S.ClH/c1-14(12,13)9-4-2-8(3-5-9)10-6-7-11-10;/h2-5,10-11H,6-7H2,1H3;1H/t10-;/m1./s1. The first-order valence-corrected chi connectivity index (χ1v) is 6.50. The van der Waals surface area contributed by atoms with Gasteiger partial charge in [0.2, 0.25) is 0 Å². The molecule has 2 rings (SSSR count). The molecule has 1 aromatic rings. The summed E-state index contributed by atoms with van der Waals surface area (Å²) in [5, 5.41) is 3.27. The highest BCUT2D eigenvalue weighted by molar-refractivity contribution is 7.90. The Hall–Kier alpha value is -0.580. The Kier molecular flexibility index (Phi) is 3.76. The molecule has 0 saturated carbocycles. The topological polar surface area (TPSA) is 46.2 Å². The Bertz CT molecular complexity index is 423. The zero-order valence-electron chi connectivity index (χ0n) is 8.43. The van der Waals surface area contributed by atoms with E-state index < -0.39 is 9.84 Å². The molecule has 0 spiro atoms. The lowest BCUT2D eigenvalue weighted by Gasteiger charge is -2.28. The van der Waals surface area contributed by atoms with Crippen molar-refractivity contribution in [3.05, 3.63) is 29.8 Å². The quantitative estimate of drug-likeness (QED) is 0.863. The van der Waals surface area contributed by atoms with Crippen LogP contribution >= 0.6 is 12.4 Å². The number of nitrogens with one attached hydrogen (secondary N) is 1. The van der Waals surface area contributed by atoms with Crippen molar-refractivity contribution in [1.29, 1.82) is 0 Å². The number of rotatable bonds is 2. The van der Waals surface area contributed by atoms with Gasteiger partial charge in [0.1, 0.15) is 0 Å². The van der Waals surface area contributed by atoms with Crippen LogP contribution in [0.5, 0.6) is 0 Å². The Morgan fingerprint density at radius 3 is 2.13 bits per heavy atom. The summed E-state index contributed by atoms with van der Waals surface area (Å²) in [4.78, 5) is 0.389. The van der Waals surface area contributed by atoms with Gasteiger partial charge in [0.15, 0.2) is 9.84 Å². The van der Waals surface area contributed by atoms with Gasteiger partial charge in [-0.25, -0.2) is 8.42 Å². The van der Waals surface area contributed by atoms with E-state index in [0.717, 1.165) is 13.0 Å². The van der Waals surface area contributed by atoms with E-state index in [1.54, 1.807) is 12.1 Å². The minimum Gasteiger partial charge on any atom is -0.310 e. The molecular formula is C10H14ClNO2S. The molecule has 0 unspecified atom stereocenters. The van der Waals surface area contributed by atoms with Crippen molar-refractivity contribution in [3.63, 3.8) is 0 Å². The predicted octanol–water partition coefficient (Wildman–Crippen LogP) is 1.55. The number of sulfone groups is 1. The summed E-state index contributed by atoms with van der Waals surface area (Å²) in [7, 11) is -3.05. The zero-order valence-corrected chi connectivity index (χ0v) is 10.1. The van der Waals surface area contributed by atoms with E-state index >= 15 is 0 Å². The van der Waals surface area contributed by atoms with E-state index in [4.69, 9.17) is 0 Å². The third kappa shape index (κ3) is 2.71.